The van der Waals surface area contributed by atoms with Gasteiger partial charge in [-0.15, -0.1) is 10.2 Å². The summed E-state index contributed by atoms with van der Waals surface area (Å²) in [5.41, 5.74) is 3.09. The van der Waals surface area contributed by atoms with Crippen LogP contribution in [0, 0.1) is 12.8 Å². The fourth-order valence-electron chi connectivity index (χ4n) is 3.79. The van der Waals surface area contributed by atoms with E-state index < -0.39 is 0 Å². The molecule has 2 heterocycles. The first-order valence-corrected chi connectivity index (χ1v) is 11.6. The zero-order valence-corrected chi connectivity index (χ0v) is 20.2. The lowest BCUT2D eigenvalue weighted by atomic mass is 10.1. The molecule has 1 aliphatic heterocycles. The van der Waals surface area contributed by atoms with Crippen molar-refractivity contribution in [1.82, 2.24) is 20.0 Å². The number of benzene rings is 1. The van der Waals surface area contributed by atoms with Gasteiger partial charge < -0.3 is 19.4 Å². The monoisotopic (exact) mass is 453 g/mol. The van der Waals surface area contributed by atoms with Crippen LogP contribution < -0.4 is 4.90 Å². The Kier molecular flexibility index (Phi) is 8.77. The molecule has 0 N–H and O–H groups in total. The van der Waals surface area contributed by atoms with Gasteiger partial charge in [0.15, 0.2) is 5.82 Å². The molecular formula is C25H35N5O3. The Morgan fingerprint density at radius 2 is 1.73 bits per heavy atom. The molecule has 0 unspecified atom stereocenters. The van der Waals surface area contributed by atoms with Crippen LogP contribution >= 0.6 is 0 Å². The number of methoxy groups -OCH3 is 1. The van der Waals surface area contributed by atoms with Gasteiger partial charge in [0.1, 0.15) is 0 Å². The maximum Gasteiger partial charge on any atom is 0.242 e. The molecule has 2 amide bonds. The summed E-state index contributed by atoms with van der Waals surface area (Å²) in [7, 11) is 1.60. The van der Waals surface area contributed by atoms with Gasteiger partial charge in [-0.25, -0.2) is 0 Å². The van der Waals surface area contributed by atoms with Gasteiger partial charge in [0.25, 0.3) is 0 Å². The topological polar surface area (TPSA) is 78.9 Å². The van der Waals surface area contributed by atoms with Crippen LogP contribution in [0.5, 0.6) is 0 Å². The minimum absolute atomic E-state index is 0.00187. The van der Waals surface area contributed by atoms with E-state index in [0.717, 1.165) is 17.1 Å². The Labute approximate surface area is 196 Å². The molecule has 0 atom stereocenters. The van der Waals surface area contributed by atoms with E-state index in [2.05, 4.69) is 34.2 Å². The van der Waals surface area contributed by atoms with Crippen molar-refractivity contribution >= 4 is 17.6 Å². The van der Waals surface area contributed by atoms with E-state index in [4.69, 9.17) is 4.74 Å². The van der Waals surface area contributed by atoms with E-state index in [9.17, 15) is 9.59 Å². The Balaban J connectivity index is 1.54. The average Bonchev–Trinajstić information content (AvgIpc) is 2.82. The van der Waals surface area contributed by atoms with E-state index >= 15 is 0 Å². The van der Waals surface area contributed by atoms with Crippen molar-refractivity contribution in [2.45, 2.75) is 27.2 Å². The van der Waals surface area contributed by atoms with Gasteiger partial charge in [-0.05, 0) is 25.0 Å². The number of ether oxygens (including phenoxy) is 1. The molecule has 0 aliphatic carbocycles. The maximum atomic E-state index is 12.9. The predicted octanol–water partition coefficient (Wildman–Crippen LogP) is 2.62. The van der Waals surface area contributed by atoms with Crippen LogP contribution in [-0.4, -0.2) is 84.8 Å². The van der Waals surface area contributed by atoms with Crippen molar-refractivity contribution in [3.63, 3.8) is 0 Å². The molecule has 1 saturated heterocycles. The minimum Gasteiger partial charge on any atom is -0.383 e. The molecule has 0 spiro atoms. The highest BCUT2D eigenvalue weighted by Crippen LogP contribution is 2.20. The van der Waals surface area contributed by atoms with Gasteiger partial charge in [-0.1, -0.05) is 43.7 Å². The minimum atomic E-state index is -0.0244. The number of hydrogen-bond acceptors (Lipinski definition) is 6. The smallest absolute Gasteiger partial charge is 0.242 e. The Bertz CT molecular complexity index is 907. The largest absolute Gasteiger partial charge is 0.383 e. The van der Waals surface area contributed by atoms with Crippen molar-refractivity contribution < 1.29 is 14.3 Å². The standard InChI is InChI=1S/C25H35N5O3/c1-19(2)17-24(31)30(15-16-33-4)18-25(32)29-13-11-28(12-14-29)23-10-9-22(26-27-23)21-7-5-20(3)6-8-21/h5-10,19H,11-18H2,1-4H3. The van der Waals surface area contributed by atoms with Gasteiger partial charge >= 0.3 is 0 Å². The van der Waals surface area contributed by atoms with Crippen molar-refractivity contribution in [3.05, 3.63) is 42.0 Å². The number of carbonyl (C=O) groups is 2. The first-order chi connectivity index (χ1) is 15.9. The number of rotatable bonds is 9. The fraction of sp³-hybridized carbons (Fsp3) is 0.520. The molecule has 3 rings (SSSR count). The number of nitrogens with zero attached hydrogens (tertiary/aromatic N) is 5. The van der Waals surface area contributed by atoms with Gasteiger partial charge in [-0.2, -0.15) is 0 Å². The summed E-state index contributed by atoms with van der Waals surface area (Å²) in [4.78, 5) is 31.0. The summed E-state index contributed by atoms with van der Waals surface area (Å²) < 4.78 is 5.12. The third-order valence-electron chi connectivity index (χ3n) is 5.78. The second kappa shape index (κ2) is 11.7. The molecule has 2 aromatic rings. The van der Waals surface area contributed by atoms with Gasteiger partial charge in [0, 0.05) is 51.8 Å². The summed E-state index contributed by atoms with van der Waals surface area (Å²) in [6.45, 7) is 9.56. The zero-order chi connectivity index (χ0) is 23.8. The lowest BCUT2D eigenvalue weighted by Crippen LogP contribution is -2.52. The van der Waals surface area contributed by atoms with E-state index in [1.165, 1.54) is 5.56 Å². The number of piperazine rings is 1. The summed E-state index contributed by atoms with van der Waals surface area (Å²) >= 11 is 0. The van der Waals surface area contributed by atoms with E-state index in [1.807, 2.05) is 43.0 Å². The Hall–Kier alpha value is -3.00. The lowest BCUT2D eigenvalue weighted by molar-refractivity contribution is -0.141. The Morgan fingerprint density at radius 1 is 1.03 bits per heavy atom. The third kappa shape index (κ3) is 6.99. The second-order valence-corrected chi connectivity index (χ2v) is 8.92. The molecule has 8 heteroatoms. The van der Waals surface area contributed by atoms with Crippen LogP contribution in [-0.2, 0) is 14.3 Å². The molecule has 1 aromatic heterocycles. The van der Waals surface area contributed by atoms with Crippen LogP contribution in [0.15, 0.2) is 36.4 Å². The second-order valence-electron chi connectivity index (χ2n) is 8.92. The summed E-state index contributed by atoms with van der Waals surface area (Å²) in [5, 5.41) is 8.80. The van der Waals surface area contributed by atoms with Crippen molar-refractivity contribution in [2.75, 3.05) is 57.9 Å². The van der Waals surface area contributed by atoms with Crippen LogP contribution in [0.4, 0.5) is 5.82 Å². The highest BCUT2D eigenvalue weighted by molar-refractivity contribution is 5.85. The lowest BCUT2D eigenvalue weighted by Gasteiger charge is -2.36. The number of carbonyl (C=O) groups excluding carboxylic acids is 2. The molecule has 0 radical (unpaired) electrons. The van der Waals surface area contributed by atoms with Crippen LogP contribution in [0.2, 0.25) is 0 Å². The van der Waals surface area contributed by atoms with Gasteiger partial charge in [0.05, 0.1) is 18.8 Å². The van der Waals surface area contributed by atoms with Gasteiger partial charge in [0.2, 0.25) is 11.8 Å². The molecule has 0 saturated carbocycles. The number of amides is 2. The summed E-state index contributed by atoms with van der Waals surface area (Å²) in [6.07, 6.45) is 0.433. The first-order valence-electron chi connectivity index (χ1n) is 11.6. The van der Waals surface area contributed by atoms with Crippen molar-refractivity contribution in [3.8, 4) is 11.3 Å². The summed E-state index contributed by atoms with van der Waals surface area (Å²) in [5.74, 6) is 1.04. The molecule has 1 aromatic carbocycles. The SMILES string of the molecule is COCCN(CC(=O)N1CCN(c2ccc(-c3ccc(C)cc3)nn2)CC1)C(=O)CC(C)C. The molecule has 0 bridgehead atoms. The molecular weight excluding hydrogens is 418 g/mol. The molecule has 8 nitrogen and oxygen atoms in total. The predicted molar refractivity (Wildman–Crippen MR) is 129 cm³/mol. The summed E-state index contributed by atoms with van der Waals surface area (Å²) in [6, 6.07) is 12.2. The third-order valence-corrected chi connectivity index (χ3v) is 5.78. The number of hydrogen-bond donors (Lipinski definition) is 0. The van der Waals surface area contributed by atoms with Crippen LogP contribution in [0.1, 0.15) is 25.8 Å². The van der Waals surface area contributed by atoms with E-state index in [-0.39, 0.29) is 24.3 Å². The molecule has 33 heavy (non-hydrogen) atoms. The van der Waals surface area contributed by atoms with Crippen LogP contribution in [0.3, 0.4) is 0 Å². The molecule has 1 aliphatic rings. The van der Waals surface area contributed by atoms with Crippen LogP contribution in [0.25, 0.3) is 11.3 Å². The fourth-order valence-corrected chi connectivity index (χ4v) is 3.79. The average molecular weight is 454 g/mol. The maximum absolute atomic E-state index is 12.9. The van der Waals surface area contributed by atoms with E-state index in [1.54, 1.807) is 12.0 Å². The number of aromatic nitrogens is 2. The quantitative estimate of drug-likeness (QED) is 0.581. The van der Waals surface area contributed by atoms with Gasteiger partial charge in [-0.3, -0.25) is 9.59 Å². The van der Waals surface area contributed by atoms with E-state index in [0.29, 0.717) is 45.8 Å². The first kappa shape index (κ1) is 24.6. The highest BCUT2D eigenvalue weighted by Gasteiger charge is 2.25. The molecule has 1 fully saturated rings. The number of anilines is 1. The Morgan fingerprint density at radius 3 is 2.30 bits per heavy atom. The number of aryl methyl sites for hydroxylation is 1. The zero-order valence-electron chi connectivity index (χ0n) is 20.2. The highest BCUT2D eigenvalue weighted by atomic mass is 16.5. The normalized spacial score (nSPS) is 14.0. The van der Waals surface area contributed by atoms with Crippen molar-refractivity contribution in [2.24, 2.45) is 5.92 Å². The van der Waals surface area contributed by atoms with Crippen molar-refractivity contribution in [1.29, 1.82) is 0 Å². The molecule has 178 valence electrons.